The first-order valence-electron chi connectivity index (χ1n) is 7.54. The van der Waals surface area contributed by atoms with Crippen LogP contribution in [0.25, 0.3) is 11.3 Å². The molecule has 4 nitrogen and oxygen atoms in total. The number of alkyl halides is 2. The van der Waals surface area contributed by atoms with Crippen molar-refractivity contribution in [2.45, 2.75) is 38.1 Å². The fraction of sp³-hybridized carbons (Fsp3) is 0.438. The Kier molecular flexibility index (Phi) is 3.43. The number of fused-ring (bicyclic) bond motifs is 3. The van der Waals surface area contributed by atoms with Crippen molar-refractivity contribution in [3.63, 3.8) is 0 Å². The highest BCUT2D eigenvalue weighted by atomic mass is 19.3. The molecule has 116 valence electrons. The zero-order chi connectivity index (χ0) is 15.1. The van der Waals surface area contributed by atoms with E-state index in [0.717, 1.165) is 30.5 Å². The first-order valence-corrected chi connectivity index (χ1v) is 7.54. The van der Waals surface area contributed by atoms with E-state index in [1.807, 2.05) is 12.1 Å². The van der Waals surface area contributed by atoms with Gasteiger partial charge < -0.3 is 10.1 Å². The van der Waals surface area contributed by atoms with E-state index in [4.69, 9.17) is 4.74 Å². The topological polar surface area (TPSA) is 39.1 Å². The number of nitrogens with zero attached hydrogens (tertiary/aromatic N) is 2. The molecule has 0 aliphatic carbocycles. The van der Waals surface area contributed by atoms with Gasteiger partial charge in [-0.2, -0.15) is 13.9 Å². The Hall–Kier alpha value is -1.79. The molecule has 0 saturated carbocycles. The molecule has 0 bridgehead atoms. The van der Waals surface area contributed by atoms with E-state index in [1.165, 1.54) is 11.8 Å². The predicted molar refractivity (Wildman–Crippen MR) is 77.5 cm³/mol. The molecule has 0 radical (unpaired) electrons. The summed E-state index contributed by atoms with van der Waals surface area (Å²) in [4.78, 5) is 0. The molecule has 2 aliphatic rings. The summed E-state index contributed by atoms with van der Waals surface area (Å²) in [5, 5.41) is 7.43. The average molecular weight is 305 g/mol. The lowest BCUT2D eigenvalue weighted by atomic mass is 9.88. The molecule has 3 heterocycles. The van der Waals surface area contributed by atoms with Crippen LogP contribution in [-0.2, 0) is 11.3 Å². The highest BCUT2D eigenvalue weighted by Gasteiger charge is 2.32. The summed E-state index contributed by atoms with van der Waals surface area (Å²) >= 11 is 0. The molecular weight excluding hydrogens is 288 g/mol. The molecule has 4 rings (SSSR count). The Balaban J connectivity index is 1.66. The first-order chi connectivity index (χ1) is 10.7. The molecule has 22 heavy (non-hydrogen) atoms. The molecule has 1 N–H and O–H groups in total. The van der Waals surface area contributed by atoms with Crippen molar-refractivity contribution in [2.75, 3.05) is 6.54 Å². The van der Waals surface area contributed by atoms with Crippen molar-refractivity contribution in [2.24, 2.45) is 0 Å². The second-order valence-electron chi connectivity index (χ2n) is 5.80. The number of ether oxygens (including phenoxy) is 1. The molecule has 1 fully saturated rings. The zero-order valence-corrected chi connectivity index (χ0v) is 12.0. The summed E-state index contributed by atoms with van der Waals surface area (Å²) in [7, 11) is 0. The summed E-state index contributed by atoms with van der Waals surface area (Å²) < 4.78 is 31.9. The van der Waals surface area contributed by atoms with Crippen LogP contribution < -0.4 is 5.32 Å². The fourth-order valence-electron chi connectivity index (χ4n) is 3.34. The quantitative estimate of drug-likeness (QED) is 0.925. The third kappa shape index (κ3) is 2.32. The highest BCUT2D eigenvalue weighted by molar-refractivity contribution is 5.61. The molecule has 0 spiro atoms. The first kappa shape index (κ1) is 13.8. The Morgan fingerprint density at radius 2 is 2.23 bits per heavy atom. The van der Waals surface area contributed by atoms with Gasteiger partial charge in [-0.25, -0.2) is 4.68 Å². The van der Waals surface area contributed by atoms with Gasteiger partial charge in [-0.1, -0.05) is 12.1 Å². The smallest absolute Gasteiger partial charge is 0.333 e. The van der Waals surface area contributed by atoms with Crippen LogP contribution >= 0.6 is 0 Å². The molecule has 0 amide bonds. The maximum atomic E-state index is 12.6. The van der Waals surface area contributed by atoms with E-state index in [9.17, 15) is 8.78 Å². The van der Waals surface area contributed by atoms with Crippen molar-refractivity contribution in [3.8, 4) is 11.3 Å². The molecule has 2 aromatic rings. The van der Waals surface area contributed by atoms with Gasteiger partial charge in [0.1, 0.15) is 0 Å². The van der Waals surface area contributed by atoms with Crippen molar-refractivity contribution in [1.29, 1.82) is 0 Å². The minimum absolute atomic E-state index is 0.241. The Morgan fingerprint density at radius 1 is 1.32 bits per heavy atom. The van der Waals surface area contributed by atoms with Crippen LogP contribution in [0.4, 0.5) is 8.78 Å². The summed E-state index contributed by atoms with van der Waals surface area (Å²) in [6.45, 7) is -1.03. The van der Waals surface area contributed by atoms with Crippen molar-refractivity contribution < 1.29 is 13.5 Å². The van der Waals surface area contributed by atoms with Gasteiger partial charge in [0.05, 0.1) is 24.4 Å². The number of aromatic nitrogens is 2. The normalized spacial score (nSPS) is 24.1. The molecule has 6 heteroatoms. The number of piperidine rings is 1. The maximum absolute atomic E-state index is 12.6. The van der Waals surface area contributed by atoms with Crippen LogP contribution in [-0.4, -0.2) is 22.4 Å². The molecule has 1 aromatic carbocycles. The van der Waals surface area contributed by atoms with E-state index < -0.39 is 6.55 Å². The average Bonchev–Trinajstić information content (AvgIpc) is 3.04. The zero-order valence-electron chi connectivity index (χ0n) is 12.0. The van der Waals surface area contributed by atoms with Crippen molar-refractivity contribution in [1.82, 2.24) is 15.1 Å². The summed E-state index contributed by atoms with van der Waals surface area (Å²) in [5.74, 6) is 0. The number of hydrogen-bond acceptors (Lipinski definition) is 3. The lowest BCUT2D eigenvalue weighted by Crippen LogP contribution is -2.42. The molecular formula is C16H17F2N3O. The van der Waals surface area contributed by atoms with Crippen LogP contribution in [0.3, 0.4) is 0 Å². The van der Waals surface area contributed by atoms with Gasteiger partial charge in [0.25, 0.3) is 0 Å². The monoisotopic (exact) mass is 305 g/mol. The van der Waals surface area contributed by atoms with Gasteiger partial charge in [0.2, 0.25) is 0 Å². The molecule has 0 unspecified atom stereocenters. The fourth-order valence-corrected chi connectivity index (χ4v) is 3.34. The van der Waals surface area contributed by atoms with Crippen LogP contribution in [0.2, 0.25) is 0 Å². The number of benzene rings is 1. The Labute approximate surface area is 127 Å². The van der Waals surface area contributed by atoms with Gasteiger partial charge in [-0.3, -0.25) is 0 Å². The van der Waals surface area contributed by atoms with Crippen LogP contribution in [0.5, 0.6) is 0 Å². The second-order valence-corrected chi connectivity index (χ2v) is 5.80. The standard InChI is InChI=1S/C16H17F2N3O/c17-16(18)21-7-5-13(20-21)10-3-4-12-11(8-10)9-22-14-2-1-6-19-15(12)14/h3-5,7-8,14-16,19H,1-2,6,9H2/t14-,15-/m0/s1. The van der Waals surface area contributed by atoms with Gasteiger partial charge in [0, 0.05) is 11.8 Å². The lowest BCUT2D eigenvalue weighted by molar-refractivity contribution is -0.0177. The minimum atomic E-state index is -2.61. The largest absolute Gasteiger partial charge is 0.372 e. The number of rotatable bonds is 2. The Bertz CT molecular complexity index is 686. The van der Waals surface area contributed by atoms with Gasteiger partial charge in [-0.05, 0) is 42.6 Å². The van der Waals surface area contributed by atoms with E-state index in [0.29, 0.717) is 17.0 Å². The van der Waals surface area contributed by atoms with Crippen LogP contribution in [0.1, 0.15) is 36.6 Å². The molecule has 1 saturated heterocycles. The predicted octanol–water partition coefficient (Wildman–Crippen LogP) is 3.27. The van der Waals surface area contributed by atoms with Crippen molar-refractivity contribution in [3.05, 3.63) is 41.6 Å². The van der Waals surface area contributed by atoms with Crippen LogP contribution in [0, 0.1) is 0 Å². The molecule has 2 aliphatic heterocycles. The lowest BCUT2D eigenvalue weighted by Gasteiger charge is -2.38. The molecule has 2 atom stereocenters. The van der Waals surface area contributed by atoms with Gasteiger partial charge >= 0.3 is 6.55 Å². The van der Waals surface area contributed by atoms with E-state index in [-0.39, 0.29) is 12.1 Å². The number of halogens is 2. The summed E-state index contributed by atoms with van der Waals surface area (Å²) in [5.41, 5.74) is 3.77. The SMILES string of the molecule is FC(F)n1ccc(-c2ccc3c(c2)CO[C@H]2CCCN[C@@H]32)n1. The number of hydrogen-bond donors (Lipinski definition) is 1. The summed E-state index contributed by atoms with van der Waals surface area (Å²) in [6, 6.07) is 7.88. The molecule has 1 aromatic heterocycles. The van der Waals surface area contributed by atoms with E-state index in [2.05, 4.69) is 16.5 Å². The third-order valence-electron chi connectivity index (χ3n) is 4.44. The minimum Gasteiger partial charge on any atom is -0.372 e. The second kappa shape index (κ2) is 5.44. The van der Waals surface area contributed by atoms with Gasteiger partial charge in [0.15, 0.2) is 0 Å². The summed E-state index contributed by atoms with van der Waals surface area (Å²) in [6.07, 6.45) is 3.76. The van der Waals surface area contributed by atoms with Crippen LogP contribution in [0.15, 0.2) is 30.5 Å². The number of nitrogens with one attached hydrogen (secondary N) is 1. The van der Waals surface area contributed by atoms with Gasteiger partial charge in [-0.15, -0.1) is 0 Å². The van der Waals surface area contributed by atoms with Crippen molar-refractivity contribution >= 4 is 0 Å². The third-order valence-corrected chi connectivity index (χ3v) is 4.44. The van der Waals surface area contributed by atoms with E-state index in [1.54, 1.807) is 6.07 Å². The maximum Gasteiger partial charge on any atom is 0.333 e. The highest BCUT2D eigenvalue weighted by Crippen LogP contribution is 2.35. The Morgan fingerprint density at radius 3 is 3.05 bits per heavy atom. The van der Waals surface area contributed by atoms with E-state index >= 15 is 0 Å².